The summed E-state index contributed by atoms with van der Waals surface area (Å²) in [6.07, 6.45) is 0. The highest BCUT2D eigenvalue weighted by atomic mass is 79.9. The minimum Gasteiger partial charge on any atom is -0.343 e. The number of nitrogens with one attached hydrogen (secondary N) is 1. The first-order valence-electron chi connectivity index (χ1n) is 6.24. The Labute approximate surface area is 120 Å². The SMILES string of the molecule is CCn1nc(C)c(Br)c1CN1CC(=O)NC(C)C1=O. The number of rotatable bonds is 3. The molecule has 2 heterocycles. The molecule has 7 heteroatoms. The fraction of sp³-hybridized carbons (Fsp3) is 0.583. The maximum absolute atomic E-state index is 12.1. The maximum atomic E-state index is 12.1. The molecule has 0 saturated carbocycles. The van der Waals surface area contributed by atoms with E-state index >= 15 is 0 Å². The number of aryl methyl sites for hydroxylation is 2. The lowest BCUT2D eigenvalue weighted by Gasteiger charge is -2.30. The van der Waals surface area contributed by atoms with E-state index in [2.05, 4.69) is 26.3 Å². The summed E-state index contributed by atoms with van der Waals surface area (Å²) in [7, 11) is 0. The third-order valence-electron chi connectivity index (χ3n) is 3.19. The van der Waals surface area contributed by atoms with Crippen LogP contribution in [0.1, 0.15) is 25.2 Å². The van der Waals surface area contributed by atoms with Crippen LogP contribution in [0.3, 0.4) is 0 Å². The molecule has 0 aliphatic carbocycles. The predicted octanol–water partition coefficient (Wildman–Crippen LogP) is 0.821. The zero-order chi connectivity index (χ0) is 14.2. The smallest absolute Gasteiger partial charge is 0.245 e. The Morgan fingerprint density at radius 2 is 2.16 bits per heavy atom. The lowest BCUT2D eigenvalue weighted by atomic mass is 10.2. The maximum Gasteiger partial charge on any atom is 0.245 e. The van der Waals surface area contributed by atoms with Crippen LogP contribution >= 0.6 is 15.9 Å². The topological polar surface area (TPSA) is 67.2 Å². The van der Waals surface area contributed by atoms with Crippen molar-refractivity contribution in [2.24, 2.45) is 0 Å². The molecule has 104 valence electrons. The molecule has 1 aliphatic rings. The summed E-state index contributed by atoms with van der Waals surface area (Å²) >= 11 is 3.50. The summed E-state index contributed by atoms with van der Waals surface area (Å²) in [6.45, 7) is 6.83. The van der Waals surface area contributed by atoms with Crippen molar-refractivity contribution >= 4 is 27.7 Å². The summed E-state index contributed by atoms with van der Waals surface area (Å²) in [5, 5.41) is 7.02. The van der Waals surface area contributed by atoms with Crippen LogP contribution in [0, 0.1) is 6.92 Å². The van der Waals surface area contributed by atoms with E-state index < -0.39 is 6.04 Å². The number of halogens is 1. The van der Waals surface area contributed by atoms with Crippen molar-refractivity contribution in [3.63, 3.8) is 0 Å². The summed E-state index contributed by atoms with van der Waals surface area (Å²) in [5.74, 6) is -0.185. The fourth-order valence-corrected chi connectivity index (χ4v) is 2.62. The zero-order valence-electron chi connectivity index (χ0n) is 11.2. The molecule has 0 aromatic carbocycles. The highest BCUT2D eigenvalue weighted by Gasteiger charge is 2.30. The molecular formula is C12H17BrN4O2. The van der Waals surface area contributed by atoms with Crippen molar-refractivity contribution < 1.29 is 9.59 Å². The molecule has 0 bridgehead atoms. The van der Waals surface area contributed by atoms with Gasteiger partial charge in [-0.15, -0.1) is 0 Å². The number of hydrogen-bond acceptors (Lipinski definition) is 3. The fourth-order valence-electron chi connectivity index (χ4n) is 2.21. The average molecular weight is 329 g/mol. The molecule has 1 fully saturated rings. The van der Waals surface area contributed by atoms with E-state index in [0.29, 0.717) is 6.54 Å². The molecule has 1 atom stereocenters. The number of nitrogens with zero attached hydrogens (tertiary/aromatic N) is 3. The Balaban J connectivity index is 2.25. The molecule has 0 spiro atoms. The number of amides is 2. The molecule has 1 saturated heterocycles. The van der Waals surface area contributed by atoms with Crippen LogP contribution in [0.2, 0.25) is 0 Å². The predicted molar refractivity (Wildman–Crippen MR) is 73.4 cm³/mol. The van der Waals surface area contributed by atoms with Gasteiger partial charge in [-0.3, -0.25) is 14.3 Å². The molecule has 19 heavy (non-hydrogen) atoms. The largest absolute Gasteiger partial charge is 0.343 e. The summed E-state index contributed by atoms with van der Waals surface area (Å²) in [6, 6.07) is -0.459. The number of carbonyl (C=O) groups excluding carboxylic acids is 2. The van der Waals surface area contributed by atoms with Crippen molar-refractivity contribution in [2.75, 3.05) is 6.54 Å². The molecule has 1 aromatic rings. The van der Waals surface area contributed by atoms with E-state index in [1.807, 2.05) is 18.5 Å². The van der Waals surface area contributed by atoms with Crippen LogP contribution < -0.4 is 5.32 Å². The van der Waals surface area contributed by atoms with E-state index in [1.54, 1.807) is 11.8 Å². The summed E-state index contributed by atoms with van der Waals surface area (Å²) in [4.78, 5) is 25.2. The van der Waals surface area contributed by atoms with Crippen LogP contribution in [-0.2, 0) is 22.7 Å². The molecule has 1 unspecified atom stereocenters. The molecule has 6 nitrogen and oxygen atoms in total. The van der Waals surface area contributed by atoms with E-state index in [1.165, 1.54) is 0 Å². The third-order valence-corrected chi connectivity index (χ3v) is 4.22. The summed E-state index contributed by atoms with van der Waals surface area (Å²) in [5.41, 5.74) is 1.81. The second-order valence-electron chi connectivity index (χ2n) is 4.65. The Morgan fingerprint density at radius 3 is 2.79 bits per heavy atom. The minimum absolute atomic E-state index is 0.0620. The highest BCUT2D eigenvalue weighted by Crippen LogP contribution is 2.23. The number of hydrogen-bond donors (Lipinski definition) is 1. The van der Waals surface area contributed by atoms with Crippen LogP contribution in [-0.4, -0.2) is 39.1 Å². The van der Waals surface area contributed by atoms with Gasteiger partial charge in [-0.25, -0.2) is 0 Å². The highest BCUT2D eigenvalue weighted by molar-refractivity contribution is 9.10. The Morgan fingerprint density at radius 1 is 1.47 bits per heavy atom. The van der Waals surface area contributed by atoms with Gasteiger partial charge in [-0.05, 0) is 36.7 Å². The first-order chi connectivity index (χ1) is 8.93. The van der Waals surface area contributed by atoms with Crippen molar-refractivity contribution in [2.45, 2.75) is 39.9 Å². The van der Waals surface area contributed by atoms with Crippen molar-refractivity contribution in [3.8, 4) is 0 Å². The quantitative estimate of drug-likeness (QED) is 0.893. The van der Waals surface area contributed by atoms with Gasteiger partial charge >= 0.3 is 0 Å². The summed E-state index contributed by atoms with van der Waals surface area (Å²) < 4.78 is 2.75. The first-order valence-corrected chi connectivity index (χ1v) is 7.03. The molecule has 1 aromatic heterocycles. The van der Waals surface area contributed by atoms with E-state index in [9.17, 15) is 9.59 Å². The lowest BCUT2D eigenvalue weighted by molar-refractivity contribution is -0.144. The van der Waals surface area contributed by atoms with E-state index in [-0.39, 0.29) is 18.4 Å². The van der Waals surface area contributed by atoms with E-state index in [4.69, 9.17) is 0 Å². The number of piperazine rings is 1. The number of carbonyl (C=O) groups is 2. The second-order valence-corrected chi connectivity index (χ2v) is 5.44. The Bertz CT molecular complexity index is 526. The van der Waals surface area contributed by atoms with Gasteiger partial charge in [0.2, 0.25) is 11.8 Å². The molecule has 0 radical (unpaired) electrons. The van der Waals surface area contributed by atoms with Crippen LogP contribution in [0.4, 0.5) is 0 Å². The van der Waals surface area contributed by atoms with Crippen LogP contribution in [0.15, 0.2) is 4.47 Å². The van der Waals surface area contributed by atoms with Gasteiger partial charge in [0.05, 0.1) is 22.4 Å². The van der Waals surface area contributed by atoms with Crippen molar-refractivity contribution in [3.05, 3.63) is 15.9 Å². The van der Waals surface area contributed by atoms with Crippen LogP contribution in [0.5, 0.6) is 0 Å². The van der Waals surface area contributed by atoms with Gasteiger partial charge in [-0.1, -0.05) is 0 Å². The zero-order valence-corrected chi connectivity index (χ0v) is 12.8. The average Bonchev–Trinajstić information content (AvgIpc) is 2.63. The molecule has 2 rings (SSSR count). The molecule has 2 amide bonds. The monoisotopic (exact) mass is 328 g/mol. The Hall–Kier alpha value is -1.37. The molecular weight excluding hydrogens is 312 g/mol. The normalized spacial score (nSPS) is 19.8. The second kappa shape index (κ2) is 5.32. The van der Waals surface area contributed by atoms with Crippen LogP contribution in [0.25, 0.3) is 0 Å². The number of aromatic nitrogens is 2. The lowest BCUT2D eigenvalue weighted by Crippen LogP contribution is -2.56. The minimum atomic E-state index is -0.459. The van der Waals surface area contributed by atoms with Gasteiger partial charge in [-0.2, -0.15) is 5.10 Å². The standard InChI is InChI=1S/C12H17BrN4O2/c1-4-17-9(11(13)7(2)15-17)5-16-6-10(18)14-8(3)12(16)19/h8H,4-6H2,1-3H3,(H,14,18). The Kier molecular flexibility index (Phi) is 3.93. The molecule has 1 aliphatic heterocycles. The molecule has 1 N–H and O–H groups in total. The third kappa shape index (κ3) is 2.65. The van der Waals surface area contributed by atoms with Gasteiger partial charge in [0.15, 0.2) is 0 Å². The van der Waals surface area contributed by atoms with Gasteiger partial charge in [0.1, 0.15) is 12.6 Å². The van der Waals surface area contributed by atoms with E-state index in [0.717, 1.165) is 22.4 Å². The van der Waals surface area contributed by atoms with Gasteiger partial charge in [0.25, 0.3) is 0 Å². The van der Waals surface area contributed by atoms with Crippen molar-refractivity contribution in [1.29, 1.82) is 0 Å². The van der Waals surface area contributed by atoms with Gasteiger partial charge in [0, 0.05) is 6.54 Å². The van der Waals surface area contributed by atoms with Crippen molar-refractivity contribution in [1.82, 2.24) is 20.0 Å². The first kappa shape index (κ1) is 14.0. The van der Waals surface area contributed by atoms with Gasteiger partial charge < -0.3 is 10.2 Å².